The zero-order valence-electron chi connectivity index (χ0n) is 11.6. The first kappa shape index (κ1) is 15.5. The Morgan fingerprint density at radius 3 is 2.68 bits per heavy atom. The highest BCUT2D eigenvalue weighted by Gasteiger charge is 2.12. The van der Waals surface area contributed by atoms with Gasteiger partial charge in [0.25, 0.3) is 0 Å². The van der Waals surface area contributed by atoms with Gasteiger partial charge in [-0.2, -0.15) is 0 Å². The maximum absolute atomic E-state index is 11.4. The maximum atomic E-state index is 11.4. The lowest BCUT2D eigenvalue weighted by Gasteiger charge is -2.18. The molecule has 19 heavy (non-hydrogen) atoms. The van der Waals surface area contributed by atoms with Gasteiger partial charge in [-0.05, 0) is 11.5 Å². The van der Waals surface area contributed by atoms with Gasteiger partial charge in [-0.3, -0.25) is 5.43 Å². The van der Waals surface area contributed by atoms with Crippen molar-refractivity contribution in [3.63, 3.8) is 0 Å². The van der Waals surface area contributed by atoms with E-state index in [9.17, 15) is 4.79 Å². The minimum atomic E-state index is -0.505. The van der Waals surface area contributed by atoms with Gasteiger partial charge in [0.2, 0.25) is 0 Å². The maximum Gasteiger partial charge on any atom is 0.421 e. The minimum absolute atomic E-state index is 0.120. The van der Waals surface area contributed by atoms with E-state index < -0.39 is 6.09 Å². The third kappa shape index (κ3) is 6.22. The third-order valence-corrected chi connectivity index (χ3v) is 3.11. The molecule has 5 heteroatoms. The van der Waals surface area contributed by atoms with Gasteiger partial charge >= 0.3 is 6.09 Å². The normalized spacial score (nSPS) is 13.6. The molecule has 0 spiro atoms. The number of hydrogen-bond acceptors (Lipinski definition) is 4. The van der Waals surface area contributed by atoms with Gasteiger partial charge in [0.15, 0.2) is 0 Å². The number of hydrogen-bond donors (Lipinski definition) is 3. The zero-order valence-corrected chi connectivity index (χ0v) is 11.6. The fourth-order valence-corrected chi connectivity index (χ4v) is 1.49. The van der Waals surface area contributed by atoms with E-state index >= 15 is 0 Å². The number of hydrazine groups is 1. The van der Waals surface area contributed by atoms with Gasteiger partial charge in [0.05, 0.1) is 0 Å². The monoisotopic (exact) mass is 265 g/mol. The van der Waals surface area contributed by atoms with Crippen molar-refractivity contribution in [1.29, 1.82) is 0 Å². The van der Waals surface area contributed by atoms with Crippen molar-refractivity contribution in [2.24, 2.45) is 11.7 Å². The van der Waals surface area contributed by atoms with Gasteiger partial charge in [-0.15, -0.1) is 0 Å². The Labute approximate surface area is 114 Å². The molecule has 1 rings (SSSR count). The summed E-state index contributed by atoms with van der Waals surface area (Å²) in [6.07, 6.45) is 0.466. The summed E-state index contributed by atoms with van der Waals surface area (Å²) in [5.74, 6) is 0.338. The van der Waals surface area contributed by atoms with Crippen molar-refractivity contribution in [2.75, 3.05) is 6.61 Å². The molecular formula is C14H23N3O2. The summed E-state index contributed by atoms with van der Waals surface area (Å²) in [6, 6.07) is 9.66. The molecule has 0 radical (unpaired) electrons. The second-order valence-electron chi connectivity index (χ2n) is 4.61. The molecule has 0 aliphatic carbocycles. The van der Waals surface area contributed by atoms with E-state index in [2.05, 4.69) is 17.8 Å². The number of carbonyl (C=O) groups excluding carboxylic acids is 1. The summed E-state index contributed by atoms with van der Waals surface area (Å²) in [4.78, 5) is 11.4. The molecule has 0 bridgehead atoms. The fraction of sp³-hybridized carbons (Fsp3) is 0.500. The standard InChI is InChI=1S/C14H23N3O2/c1-3-11(2)13(15)10-19-14(18)17-16-9-12-7-5-4-6-8-12/h4-8,11,13,16H,3,9-10,15H2,1-2H3,(H,17,18)/t11?,13-/m0/s1. The van der Waals surface area contributed by atoms with Gasteiger partial charge in [-0.1, -0.05) is 50.6 Å². The van der Waals surface area contributed by atoms with Crippen molar-refractivity contribution in [3.05, 3.63) is 35.9 Å². The van der Waals surface area contributed by atoms with Crippen LogP contribution in [0.15, 0.2) is 30.3 Å². The molecule has 1 aromatic rings. The predicted octanol–water partition coefficient (Wildman–Crippen LogP) is 1.79. The summed E-state index contributed by atoms with van der Waals surface area (Å²) in [5.41, 5.74) is 12.2. The molecule has 0 aliphatic rings. The molecule has 0 saturated carbocycles. The number of ether oxygens (including phenoxy) is 1. The number of rotatable bonds is 7. The quantitative estimate of drug-likeness (QED) is 0.657. The fourth-order valence-electron chi connectivity index (χ4n) is 1.49. The van der Waals surface area contributed by atoms with Crippen LogP contribution in [0.5, 0.6) is 0 Å². The van der Waals surface area contributed by atoms with Crippen LogP contribution in [0.4, 0.5) is 4.79 Å². The molecule has 1 aromatic carbocycles. The topological polar surface area (TPSA) is 76.4 Å². The van der Waals surface area contributed by atoms with Crippen LogP contribution in [0.2, 0.25) is 0 Å². The first-order valence-corrected chi connectivity index (χ1v) is 6.58. The number of amides is 1. The van der Waals surface area contributed by atoms with E-state index in [-0.39, 0.29) is 12.6 Å². The lowest BCUT2D eigenvalue weighted by molar-refractivity contribution is 0.126. The third-order valence-electron chi connectivity index (χ3n) is 3.11. The van der Waals surface area contributed by atoms with Gasteiger partial charge < -0.3 is 10.5 Å². The van der Waals surface area contributed by atoms with E-state index in [0.717, 1.165) is 12.0 Å². The molecule has 5 nitrogen and oxygen atoms in total. The highest BCUT2D eigenvalue weighted by Crippen LogP contribution is 2.05. The Bertz CT molecular complexity index is 370. The minimum Gasteiger partial charge on any atom is -0.447 e. The molecule has 1 unspecified atom stereocenters. The van der Waals surface area contributed by atoms with Gasteiger partial charge in [0.1, 0.15) is 6.61 Å². The molecule has 2 atom stereocenters. The highest BCUT2D eigenvalue weighted by molar-refractivity contribution is 5.66. The SMILES string of the molecule is CCC(C)[C@@H](N)COC(=O)NNCc1ccccc1. The van der Waals surface area contributed by atoms with Gasteiger partial charge in [-0.25, -0.2) is 10.2 Å². The molecule has 106 valence electrons. The molecule has 0 aromatic heterocycles. The number of carbonyl (C=O) groups is 1. The van der Waals surface area contributed by atoms with Crippen LogP contribution in [-0.4, -0.2) is 18.7 Å². The van der Waals surface area contributed by atoms with Crippen LogP contribution in [0.25, 0.3) is 0 Å². The second-order valence-corrected chi connectivity index (χ2v) is 4.61. The van der Waals surface area contributed by atoms with E-state index in [1.807, 2.05) is 37.3 Å². The number of nitrogens with two attached hydrogens (primary N) is 1. The lowest BCUT2D eigenvalue weighted by atomic mass is 10.0. The van der Waals surface area contributed by atoms with Gasteiger partial charge in [0, 0.05) is 12.6 Å². The first-order valence-electron chi connectivity index (χ1n) is 6.58. The Kier molecular flexibility index (Phi) is 6.92. The van der Waals surface area contributed by atoms with E-state index in [1.165, 1.54) is 0 Å². The van der Waals surface area contributed by atoms with Crippen molar-refractivity contribution < 1.29 is 9.53 Å². The first-order chi connectivity index (χ1) is 9.13. The second kappa shape index (κ2) is 8.50. The molecule has 0 saturated heterocycles. The summed E-state index contributed by atoms with van der Waals surface area (Å²) < 4.78 is 5.03. The lowest BCUT2D eigenvalue weighted by Crippen LogP contribution is -2.40. The summed E-state index contributed by atoms with van der Waals surface area (Å²) in [6.45, 7) is 4.88. The number of nitrogens with one attached hydrogen (secondary N) is 2. The van der Waals surface area contributed by atoms with E-state index in [0.29, 0.717) is 12.5 Å². The molecule has 0 heterocycles. The van der Waals surface area contributed by atoms with E-state index in [1.54, 1.807) is 0 Å². The molecule has 0 fully saturated rings. The highest BCUT2D eigenvalue weighted by atomic mass is 16.6. The van der Waals surface area contributed by atoms with Crippen molar-refractivity contribution in [2.45, 2.75) is 32.9 Å². The smallest absolute Gasteiger partial charge is 0.421 e. The van der Waals surface area contributed by atoms with Crippen molar-refractivity contribution in [3.8, 4) is 0 Å². The summed E-state index contributed by atoms with van der Waals surface area (Å²) in [7, 11) is 0. The van der Waals surface area contributed by atoms with E-state index in [4.69, 9.17) is 10.5 Å². The van der Waals surface area contributed by atoms with Crippen molar-refractivity contribution >= 4 is 6.09 Å². The molecule has 0 aliphatic heterocycles. The van der Waals surface area contributed by atoms with Crippen molar-refractivity contribution in [1.82, 2.24) is 10.9 Å². The average Bonchev–Trinajstić information content (AvgIpc) is 2.45. The molecular weight excluding hydrogens is 242 g/mol. The predicted molar refractivity (Wildman–Crippen MR) is 75.2 cm³/mol. The molecule has 4 N–H and O–H groups in total. The zero-order chi connectivity index (χ0) is 14.1. The van der Waals surface area contributed by atoms with Crippen LogP contribution in [0, 0.1) is 5.92 Å². The van der Waals surface area contributed by atoms with Crippen LogP contribution >= 0.6 is 0 Å². The average molecular weight is 265 g/mol. The summed E-state index contributed by atoms with van der Waals surface area (Å²) in [5, 5.41) is 0. The number of benzene rings is 1. The van der Waals surface area contributed by atoms with Crippen LogP contribution in [0.3, 0.4) is 0 Å². The van der Waals surface area contributed by atoms with Crippen LogP contribution < -0.4 is 16.6 Å². The van der Waals surface area contributed by atoms with Crippen LogP contribution in [0.1, 0.15) is 25.8 Å². The largest absolute Gasteiger partial charge is 0.447 e. The summed E-state index contributed by atoms with van der Waals surface area (Å²) >= 11 is 0. The Morgan fingerprint density at radius 2 is 2.05 bits per heavy atom. The molecule has 1 amide bonds. The van der Waals surface area contributed by atoms with Crippen LogP contribution in [-0.2, 0) is 11.3 Å². The Morgan fingerprint density at radius 1 is 1.37 bits per heavy atom. The Hall–Kier alpha value is -1.59. The Balaban J connectivity index is 2.15.